The van der Waals surface area contributed by atoms with Gasteiger partial charge in [-0.15, -0.1) is 0 Å². The summed E-state index contributed by atoms with van der Waals surface area (Å²) in [6.45, 7) is 4.22. The van der Waals surface area contributed by atoms with Crippen LogP contribution in [-0.4, -0.2) is 33.6 Å². The molecule has 8 heteroatoms. The van der Waals surface area contributed by atoms with Gasteiger partial charge in [0.2, 0.25) is 11.8 Å². The Hall–Kier alpha value is -1.28. The Bertz CT molecular complexity index is 1010. The van der Waals surface area contributed by atoms with E-state index in [1.807, 2.05) is 0 Å². The van der Waals surface area contributed by atoms with Gasteiger partial charge in [-0.2, -0.15) is 0 Å². The van der Waals surface area contributed by atoms with Crippen LogP contribution in [0.5, 0.6) is 0 Å². The van der Waals surface area contributed by atoms with Gasteiger partial charge >= 0.3 is 0 Å². The second kappa shape index (κ2) is 9.64. The van der Waals surface area contributed by atoms with Crippen molar-refractivity contribution in [3.05, 3.63) is 0 Å². The lowest BCUT2D eigenvalue weighted by atomic mass is 9.53. The minimum atomic E-state index is -0.256. The zero-order valence-electron chi connectivity index (χ0n) is 23.6. The summed E-state index contributed by atoms with van der Waals surface area (Å²) in [6.07, 6.45) is 15.6. The number of carbonyl (C=O) groups excluding carboxylic acids is 2. The summed E-state index contributed by atoms with van der Waals surface area (Å²) in [7, 11) is 0. The van der Waals surface area contributed by atoms with Gasteiger partial charge in [-0.3, -0.25) is 9.59 Å². The van der Waals surface area contributed by atoms with Crippen LogP contribution in [-0.2, 0) is 9.59 Å². The zero-order valence-corrected chi connectivity index (χ0v) is 25.2. The summed E-state index contributed by atoms with van der Waals surface area (Å²) in [5, 5.41) is 14.2. The Morgan fingerprint density at radius 3 is 1.79 bits per heavy atom. The summed E-state index contributed by atoms with van der Waals surface area (Å²) < 4.78 is 0. The molecule has 9 saturated carbocycles. The molecule has 0 unspecified atom stereocenters. The highest BCUT2D eigenvalue weighted by Gasteiger charge is 2.54. The highest BCUT2D eigenvalue weighted by Crippen LogP contribution is 2.56. The lowest BCUT2D eigenvalue weighted by molar-refractivity contribution is -0.143. The molecule has 39 heavy (non-hydrogen) atoms. The number of hydrogen-bond acceptors (Lipinski definition) is 4. The highest BCUT2D eigenvalue weighted by molar-refractivity contribution is 7.80. The van der Waals surface area contributed by atoms with E-state index >= 15 is 0 Å². The van der Waals surface area contributed by atoms with Crippen LogP contribution in [0, 0.1) is 58.7 Å². The fraction of sp³-hybridized carbons (Fsp3) is 0.871. The molecule has 6 nitrogen and oxygen atoms in total. The molecule has 0 aliphatic heterocycles. The molecular formula is C31H46N4O2S2. The van der Waals surface area contributed by atoms with E-state index in [1.165, 1.54) is 70.6 Å². The molecule has 0 spiro atoms. The Kier molecular flexibility index (Phi) is 6.58. The van der Waals surface area contributed by atoms with Gasteiger partial charge in [0.05, 0.1) is 0 Å². The van der Waals surface area contributed by atoms with Gasteiger partial charge in [-0.25, -0.2) is 0 Å². The van der Waals surface area contributed by atoms with E-state index < -0.39 is 0 Å². The van der Waals surface area contributed by atoms with Gasteiger partial charge in [0.1, 0.15) is 0 Å². The third-order valence-electron chi connectivity index (χ3n) is 12.6. The molecule has 9 rings (SSSR count). The molecule has 214 valence electrons. The molecule has 9 aliphatic rings. The van der Waals surface area contributed by atoms with Crippen molar-refractivity contribution in [2.24, 2.45) is 58.7 Å². The smallest absolute Gasteiger partial charge is 0.229 e. The molecule has 0 radical (unpaired) electrons. The van der Waals surface area contributed by atoms with Crippen molar-refractivity contribution in [2.75, 3.05) is 0 Å². The minimum absolute atomic E-state index is 0.00189. The van der Waals surface area contributed by atoms with Crippen molar-refractivity contribution in [1.82, 2.24) is 21.3 Å². The summed E-state index contributed by atoms with van der Waals surface area (Å²) in [6, 6.07) is 0.426. The van der Waals surface area contributed by atoms with Crippen LogP contribution in [0.1, 0.15) is 97.3 Å². The minimum Gasteiger partial charge on any atom is -0.359 e. The number of amides is 2. The second-order valence-electron chi connectivity index (χ2n) is 15.6. The molecule has 0 aromatic rings. The summed E-state index contributed by atoms with van der Waals surface area (Å²) in [5.41, 5.74) is -0.161. The number of thiocarbonyl (C=S) groups is 2. The first kappa shape index (κ1) is 26.6. The maximum absolute atomic E-state index is 13.2. The molecule has 2 amide bonds. The summed E-state index contributed by atoms with van der Waals surface area (Å²) in [4.78, 5) is 26.1. The van der Waals surface area contributed by atoms with Gasteiger partial charge in [-0.05, 0) is 154 Å². The molecule has 8 bridgehead atoms. The Labute approximate surface area is 244 Å². The normalized spacial score (nSPS) is 45.8. The quantitative estimate of drug-likeness (QED) is 0.355. The molecule has 2 atom stereocenters. The molecule has 0 aromatic carbocycles. The van der Waals surface area contributed by atoms with Crippen molar-refractivity contribution in [3.8, 4) is 0 Å². The Morgan fingerprint density at radius 1 is 0.718 bits per heavy atom. The molecule has 9 aliphatic carbocycles. The highest BCUT2D eigenvalue weighted by atomic mass is 32.1. The van der Waals surface area contributed by atoms with Crippen LogP contribution in [0.3, 0.4) is 0 Å². The van der Waals surface area contributed by atoms with Crippen molar-refractivity contribution in [2.45, 2.75) is 109 Å². The maximum atomic E-state index is 13.2. The Morgan fingerprint density at radius 2 is 1.26 bits per heavy atom. The van der Waals surface area contributed by atoms with Gasteiger partial charge in [0, 0.05) is 23.9 Å². The molecule has 4 N–H and O–H groups in total. The molecule has 0 saturated heterocycles. The number of carbonyl (C=O) groups is 2. The van der Waals surface area contributed by atoms with E-state index in [0.717, 1.165) is 29.6 Å². The van der Waals surface area contributed by atoms with E-state index in [9.17, 15) is 9.59 Å². The topological polar surface area (TPSA) is 82.3 Å². The molecule has 0 aromatic heterocycles. The van der Waals surface area contributed by atoms with E-state index in [-0.39, 0.29) is 34.6 Å². The fourth-order valence-corrected chi connectivity index (χ4v) is 11.9. The van der Waals surface area contributed by atoms with Gasteiger partial charge in [0.25, 0.3) is 0 Å². The van der Waals surface area contributed by atoms with Crippen LogP contribution >= 0.6 is 24.4 Å². The van der Waals surface area contributed by atoms with Crippen molar-refractivity contribution in [3.63, 3.8) is 0 Å². The first-order valence-electron chi connectivity index (χ1n) is 15.8. The first-order chi connectivity index (χ1) is 18.5. The first-order valence-corrected chi connectivity index (χ1v) is 16.6. The van der Waals surface area contributed by atoms with Crippen LogP contribution in [0.2, 0.25) is 0 Å². The molecular weight excluding hydrogens is 525 g/mol. The second-order valence-corrected chi connectivity index (χ2v) is 16.4. The lowest BCUT2D eigenvalue weighted by Gasteiger charge is -2.57. The van der Waals surface area contributed by atoms with Crippen molar-refractivity contribution < 1.29 is 9.59 Å². The molecule has 0 heterocycles. The van der Waals surface area contributed by atoms with Crippen LogP contribution in [0.25, 0.3) is 0 Å². The van der Waals surface area contributed by atoms with Gasteiger partial charge < -0.3 is 21.3 Å². The zero-order chi connectivity index (χ0) is 27.1. The molecule has 9 fully saturated rings. The predicted octanol–water partition coefficient (Wildman–Crippen LogP) is 4.81. The van der Waals surface area contributed by atoms with Gasteiger partial charge in [-0.1, -0.05) is 13.8 Å². The summed E-state index contributed by atoms with van der Waals surface area (Å²) >= 11 is 11.2. The van der Waals surface area contributed by atoms with E-state index in [4.69, 9.17) is 24.4 Å². The van der Waals surface area contributed by atoms with E-state index in [0.29, 0.717) is 40.9 Å². The SMILES string of the molecule is CC1(C)[C@@H](CC(=O)NC(=S)NC2C3CC4CC(C3)CC2C4)C[C@H]1C(=O)NC(=S)NC12CC3CC(CC(C3)C1)C2. The lowest BCUT2D eigenvalue weighted by Crippen LogP contribution is -2.63. The van der Waals surface area contributed by atoms with Crippen LogP contribution < -0.4 is 21.3 Å². The number of hydrogen-bond donors (Lipinski definition) is 4. The average molecular weight is 571 g/mol. The Balaban J connectivity index is 0.868. The summed E-state index contributed by atoms with van der Waals surface area (Å²) in [5.74, 6) is 5.73. The third kappa shape index (κ3) is 4.93. The number of rotatable bonds is 5. The number of nitrogens with one attached hydrogen (secondary N) is 4. The van der Waals surface area contributed by atoms with Crippen LogP contribution in [0.4, 0.5) is 0 Å². The fourth-order valence-electron chi connectivity index (χ4n) is 11.3. The van der Waals surface area contributed by atoms with Gasteiger partial charge in [0.15, 0.2) is 10.2 Å². The predicted molar refractivity (Wildman–Crippen MR) is 159 cm³/mol. The third-order valence-corrected chi connectivity index (χ3v) is 13.1. The van der Waals surface area contributed by atoms with E-state index in [1.54, 1.807) is 0 Å². The average Bonchev–Trinajstić information content (AvgIpc) is 2.82. The maximum Gasteiger partial charge on any atom is 0.229 e. The standard InChI is InChI=1S/C31H46N4O2S2/c1-30(2)23(12-25(36)32-28(38)33-26-21-7-16-3-17(9-21)10-22(26)8-16)11-24(30)27(37)34-29(39)35-31-13-18-4-19(14-31)6-20(5-18)15-31/h16-24,26H,3-15H2,1-2H3,(H2,32,33,36,38)(H2,34,35,37,39)/t16?,17?,18?,19?,20?,21?,22?,23-,24+,26?,31?/m1/s1. The monoisotopic (exact) mass is 570 g/mol. The van der Waals surface area contributed by atoms with Crippen LogP contribution in [0.15, 0.2) is 0 Å². The van der Waals surface area contributed by atoms with Crippen molar-refractivity contribution in [1.29, 1.82) is 0 Å². The largest absolute Gasteiger partial charge is 0.359 e. The van der Waals surface area contributed by atoms with Crippen molar-refractivity contribution >= 4 is 46.5 Å². The van der Waals surface area contributed by atoms with E-state index in [2.05, 4.69) is 35.1 Å².